The highest BCUT2D eigenvalue weighted by Crippen LogP contribution is 2.21. The van der Waals surface area contributed by atoms with Crippen LogP contribution in [0.2, 0.25) is 0 Å². The number of hydrogen-bond donors (Lipinski definition) is 2. The first-order valence-corrected chi connectivity index (χ1v) is 13.0. The van der Waals surface area contributed by atoms with Crippen molar-refractivity contribution in [3.63, 3.8) is 0 Å². The van der Waals surface area contributed by atoms with Gasteiger partial charge in [-0.25, -0.2) is 4.79 Å². The first kappa shape index (κ1) is 30.7. The molecule has 1 aromatic heterocycles. The number of piperidine rings is 1. The minimum absolute atomic E-state index is 0. The van der Waals surface area contributed by atoms with E-state index in [4.69, 9.17) is 4.74 Å². The Labute approximate surface area is 242 Å². The molecule has 0 radical (unpaired) electrons. The number of aliphatic hydroxyl groups excluding tert-OH is 1. The summed E-state index contributed by atoms with van der Waals surface area (Å²) in [5.41, 5.74) is 4.88. The van der Waals surface area contributed by atoms with Crippen LogP contribution >= 0.6 is 24.8 Å². The fourth-order valence-corrected chi connectivity index (χ4v) is 5.11. The van der Waals surface area contributed by atoms with Gasteiger partial charge in [-0.15, -0.1) is 24.8 Å². The van der Waals surface area contributed by atoms with Gasteiger partial charge in [0.05, 0.1) is 11.0 Å². The maximum absolute atomic E-state index is 12.2. The molecule has 210 valence electrons. The van der Waals surface area contributed by atoms with Crippen molar-refractivity contribution in [2.24, 2.45) is 14.1 Å². The average Bonchev–Trinajstić information content (AvgIpc) is 3.15. The fraction of sp³-hybridized carbons (Fsp3) is 0.367. The lowest BCUT2D eigenvalue weighted by molar-refractivity contribution is 0.108. The molecule has 1 unspecified atom stereocenters. The lowest BCUT2D eigenvalue weighted by atomic mass is 10.0. The van der Waals surface area contributed by atoms with E-state index in [0.29, 0.717) is 6.04 Å². The largest absolute Gasteiger partial charge is 0.491 e. The van der Waals surface area contributed by atoms with Crippen molar-refractivity contribution in [1.29, 1.82) is 0 Å². The van der Waals surface area contributed by atoms with E-state index in [-0.39, 0.29) is 37.1 Å². The first-order valence-electron chi connectivity index (χ1n) is 13.0. The Bertz CT molecular complexity index is 1380. The Morgan fingerprint density at radius 3 is 2.26 bits per heavy atom. The summed E-state index contributed by atoms with van der Waals surface area (Å²) in [5, 5.41) is 14.4. The molecule has 2 N–H and O–H groups in total. The second kappa shape index (κ2) is 14.0. The molecule has 1 atom stereocenters. The summed E-state index contributed by atoms with van der Waals surface area (Å²) in [4.78, 5) is 14.7. The predicted octanol–water partition coefficient (Wildman–Crippen LogP) is 4.59. The molecular weight excluding hydrogens is 535 g/mol. The minimum atomic E-state index is -0.784. The number of imidazole rings is 1. The van der Waals surface area contributed by atoms with Gasteiger partial charge in [0.1, 0.15) is 18.5 Å². The summed E-state index contributed by atoms with van der Waals surface area (Å²) in [6.45, 7) is 4.25. The van der Waals surface area contributed by atoms with E-state index in [1.54, 1.807) is 23.2 Å². The molecule has 2 heterocycles. The Morgan fingerprint density at radius 1 is 0.897 bits per heavy atom. The second-order valence-corrected chi connectivity index (χ2v) is 10.0. The monoisotopic (exact) mass is 572 g/mol. The summed E-state index contributed by atoms with van der Waals surface area (Å²) in [6.07, 6.45) is 1.54. The number of hydrogen-bond acceptors (Lipinski definition) is 5. The van der Waals surface area contributed by atoms with Gasteiger partial charge in [-0.2, -0.15) is 0 Å². The third kappa shape index (κ3) is 7.44. The molecule has 1 fully saturated rings. The molecule has 3 aromatic carbocycles. The van der Waals surface area contributed by atoms with Crippen molar-refractivity contribution < 1.29 is 9.84 Å². The van der Waals surface area contributed by atoms with Crippen molar-refractivity contribution in [3.05, 3.63) is 100.0 Å². The van der Waals surface area contributed by atoms with E-state index >= 15 is 0 Å². The lowest BCUT2D eigenvalue weighted by Gasteiger charge is -2.32. The SMILES string of the molecule is Cl.Cl.Cn1c(=O)n(C)c2cc(C(O)COc3ccc(CNC4CCN(Cc5ccccc5)CC4)cc3)ccc21. The number of fused-ring (bicyclic) bond motifs is 1. The van der Waals surface area contributed by atoms with E-state index in [1.807, 2.05) is 30.3 Å². The molecular formula is C30H38Cl2N4O3. The molecule has 5 rings (SSSR count). The van der Waals surface area contributed by atoms with Gasteiger partial charge in [-0.1, -0.05) is 48.5 Å². The van der Waals surface area contributed by atoms with Crippen molar-refractivity contribution >= 4 is 35.8 Å². The van der Waals surface area contributed by atoms with Crippen LogP contribution in [-0.4, -0.2) is 44.9 Å². The van der Waals surface area contributed by atoms with Crippen molar-refractivity contribution in [2.45, 2.75) is 38.1 Å². The molecule has 7 nitrogen and oxygen atoms in total. The Morgan fingerprint density at radius 2 is 1.56 bits per heavy atom. The van der Waals surface area contributed by atoms with Crippen LogP contribution in [0.15, 0.2) is 77.6 Å². The molecule has 4 aromatic rings. The third-order valence-electron chi connectivity index (χ3n) is 7.44. The number of ether oxygens (including phenoxy) is 1. The van der Waals surface area contributed by atoms with E-state index in [9.17, 15) is 9.90 Å². The van der Waals surface area contributed by atoms with Crippen molar-refractivity contribution in [2.75, 3.05) is 19.7 Å². The van der Waals surface area contributed by atoms with Crippen LogP contribution in [0.25, 0.3) is 11.0 Å². The van der Waals surface area contributed by atoms with Crippen LogP contribution in [0.3, 0.4) is 0 Å². The van der Waals surface area contributed by atoms with Crippen LogP contribution in [0, 0.1) is 0 Å². The Hall–Kier alpha value is -2.81. The average molecular weight is 574 g/mol. The highest BCUT2D eigenvalue weighted by atomic mass is 35.5. The fourth-order valence-electron chi connectivity index (χ4n) is 5.11. The number of aromatic nitrogens is 2. The number of aliphatic hydroxyl groups is 1. The molecule has 1 saturated heterocycles. The molecule has 39 heavy (non-hydrogen) atoms. The highest BCUT2D eigenvalue weighted by molar-refractivity contribution is 5.85. The van der Waals surface area contributed by atoms with Crippen LogP contribution in [0.1, 0.15) is 35.6 Å². The number of nitrogens with zero attached hydrogens (tertiary/aromatic N) is 3. The molecule has 0 bridgehead atoms. The van der Waals surface area contributed by atoms with Crippen molar-refractivity contribution in [1.82, 2.24) is 19.4 Å². The summed E-state index contributed by atoms with van der Waals surface area (Å²) in [6, 6.07) is 24.9. The maximum Gasteiger partial charge on any atom is 0.328 e. The number of benzene rings is 3. The Kier molecular flexibility index (Phi) is 11.0. The molecule has 0 aliphatic carbocycles. The number of rotatable bonds is 9. The van der Waals surface area contributed by atoms with Gasteiger partial charge < -0.3 is 15.2 Å². The number of likely N-dealkylation sites (tertiary alicyclic amines) is 1. The number of halogens is 2. The summed E-state index contributed by atoms with van der Waals surface area (Å²) in [7, 11) is 3.49. The topological polar surface area (TPSA) is 71.7 Å². The van der Waals surface area contributed by atoms with Gasteiger partial charge in [-0.05, 0) is 66.9 Å². The second-order valence-electron chi connectivity index (χ2n) is 10.0. The van der Waals surface area contributed by atoms with Crippen LogP contribution in [-0.2, 0) is 27.2 Å². The van der Waals surface area contributed by atoms with Gasteiger partial charge in [-0.3, -0.25) is 14.0 Å². The summed E-state index contributed by atoms with van der Waals surface area (Å²) >= 11 is 0. The van der Waals surface area contributed by atoms with Gasteiger partial charge in [0, 0.05) is 33.2 Å². The number of aryl methyl sites for hydroxylation is 2. The predicted molar refractivity (Wildman–Crippen MR) is 161 cm³/mol. The van der Waals surface area contributed by atoms with E-state index in [2.05, 4.69) is 52.7 Å². The molecule has 0 amide bonds. The normalized spacial score (nSPS) is 14.9. The van der Waals surface area contributed by atoms with Gasteiger partial charge in [0.2, 0.25) is 0 Å². The van der Waals surface area contributed by atoms with E-state index < -0.39 is 6.10 Å². The zero-order chi connectivity index (χ0) is 25.8. The minimum Gasteiger partial charge on any atom is -0.491 e. The highest BCUT2D eigenvalue weighted by Gasteiger charge is 2.19. The first-order chi connectivity index (χ1) is 18.0. The van der Waals surface area contributed by atoms with Gasteiger partial charge >= 0.3 is 5.69 Å². The van der Waals surface area contributed by atoms with Gasteiger partial charge in [0.25, 0.3) is 0 Å². The lowest BCUT2D eigenvalue weighted by Crippen LogP contribution is -2.41. The third-order valence-corrected chi connectivity index (χ3v) is 7.44. The Balaban J connectivity index is 0.00000210. The number of nitrogens with one attached hydrogen (secondary N) is 1. The summed E-state index contributed by atoms with van der Waals surface area (Å²) < 4.78 is 9.05. The van der Waals surface area contributed by atoms with Crippen LogP contribution < -0.4 is 15.7 Å². The van der Waals surface area contributed by atoms with E-state index in [0.717, 1.165) is 61.4 Å². The zero-order valence-electron chi connectivity index (χ0n) is 22.5. The van der Waals surface area contributed by atoms with Crippen LogP contribution in [0.4, 0.5) is 0 Å². The summed E-state index contributed by atoms with van der Waals surface area (Å²) in [5.74, 6) is 0.727. The van der Waals surface area contributed by atoms with Gasteiger partial charge in [0.15, 0.2) is 0 Å². The molecule has 9 heteroatoms. The molecule has 1 aliphatic heterocycles. The zero-order valence-corrected chi connectivity index (χ0v) is 24.1. The van der Waals surface area contributed by atoms with Crippen LogP contribution in [0.5, 0.6) is 5.75 Å². The molecule has 1 aliphatic rings. The van der Waals surface area contributed by atoms with E-state index in [1.165, 1.54) is 11.1 Å². The standard InChI is InChI=1S/C30H36N4O3.2ClH/c1-32-27-13-10-24(18-28(27)33(2)30(32)36)29(35)21-37-26-11-8-22(9-12-26)19-31-25-14-16-34(17-15-25)20-23-6-4-3-5-7-23;;/h3-13,18,25,29,31,35H,14-17,19-21H2,1-2H3;2*1H. The maximum atomic E-state index is 12.2. The smallest absolute Gasteiger partial charge is 0.328 e. The molecule has 0 spiro atoms. The van der Waals surface area contributed by atoms with Crippen molar-refractivity contribution in [3.8, 4) is 5.75 Å². The quantitative estimate of drug-likeness (QED) is 0.307. The molecule has 0 saturated carbocycles.